The van der Waals surface area contributed by atoms with Crippen molar-refractivity contribution in [1.29, 1.82) is 0 Å². The molecule has 2 amide bonds. The molecule has 28 heavy (non-hydrogen) atoms. The lowest BCUT2D eigenvalue weighted by molar-refractivity contribution is -0.129. The van der Waals surface area contributed by atoms with Gasteiger partial charge in [0.05, 0.1) is 11.7 Å². The lowest BCUT2D eigenvalue weighted by Crippen LogP contribution is -2.45. The summed E-state index contributed by atoms with van der Waals surface area (Å²) in [5, 5.41) is 9.95. The van der Waals surface area contributed by atoms with Crippen molar-refractivity contribution in [1.82, 2.24) is 20.4 Å². The first-order chi connectivity index (χ1) is 13.3. The molecule has 8 heteroatoms. The zero-order valence-corrected chi connectivity index (χ0v) is 17.7. The Kier molecular flexibility index (Phi) is 6.17. The summed E-state index contributed by atoms with van der Waals surface area (Å²) >= 11 is 1.56. The van der Waals surface area contributed by atoms with E-state index in [2.05, 4.69) is 15.5 Å². The van der Waals surface area contributed by atoms with Crippen LogP contribution in [0.25, 0.3) is 0 Å². The lowest BCUT2D eigenvalue weighted by atomic mass is 9.87. The molecule has 152 valence electrons. The second-order valence-electron chi connectivity index (χ2n) is 8.24. The Labute approximate surface area is 169 Å². The van der Waals surface area contributed by atoms with E-state index in [-0.39, 0.29) is 23.8 Å². The number of hydrogen-bond donors (Lipinski definition) is 1. The summed E-state index contributed by atoms with van der Waals surface area (Å²) < 4.78 is 5.19. The summed E-state index contributed by atoms with van der Waals surface area (Å²) in [6.07, 6.45) is 4.11. The van der Waals surface area contributed by atoms with Crippen LogP contribution >= 0.6 is 11.3 Å². The van der Waals surface area contributed by atoms with Gasteiger partial charge in [0.2, 0.25) is 11.7 Å². The largest absolute Gasteiger partial charge is 0.351 e. The Morgan fingerprint density at radius 3 is 2.61 bits per heavy atom. The minimum Gasteiger partial charge on any atom is -0.351 e. The van der Waals surface area contributed by atoms with Crippen molar-refractivity contribution in [3.8, 4) is 0 Å². The maximum atomic E-state index is 12.7. The van der Waals surface area contributed by atoms with Gasteiger partial charge in [-0.15, -0.1) is 11.3 Å². The van der Waals surface area contributed by atoms with Gasteiger partial charge in [-0.05, 0) is 25.2 Å². The Hall–Kier alpha value is -2.22. The normalized spacial score (nSPS) is 16.8. The number of carbonyl (C=O) groups excluding carboxylic acids is 2. The maximum absolute atomic E-state index is 12.7. The van der Waals surface area contributed by atoms with Crippen molar-refractivity contribution in [2.75, 3.05) is 13.1 Å². The molecule has 1 saturated heterocycles. The fraction of sp³-hybridized carbons (Fsp3) is 0.600. The van der Waals surface area contributed by atoms with Crippen molar-refractivity contribution >= 4 is 23.2 Å². The Morgan fingerprint density at radius 2 is 2.07 bits per heavy atom. The SMILES string of the molecule is CCc1cc(C(=O)N2CCC(C(NC(=O)C(C)(C)C)c3nccs3)CC2)on1. The van der Waals surface area contributed by atoms with Crippen LogP contribution in [0.5, 0.6) is 0 Å². The maximum Gasteiger partial charge on any atom is 0.292 e. The number of piperidine rings is 1. The Balaban J connectivity index is 1.66. The average molecular weight is 405 g/mol. The van der Waals surface area contributed by atoms with Gasteiger partial charge in [0.1, 0.15) is 5.01 Å². The van der Waals surface area contributed by atoms with Crippen LogP contribution in [0.15, 0.2) is 22.2 Å². The molecule has 1 aliphatic rings. The van der Waals surface area contributed by atoms with Crippen LogP contribution in [0, 0.1) is 11.3 Å². The number of carbonyl (C=O) groups is 2. The second kappa shape index (κ2) is 8.43. The summed E-state index contributed by atoms with van der Waals surface area (Å²) in [4.78, 5) is 31.5. The molecule has 0 bridgehead atoms. The van der Waals surface area contributed by atoms with Crippen molar-refractivity contribution < 1.29 is 14.1 Å². The molecule has 1 fully saturated rings. The highest BCUT2D eigenvalue weighted by Crippen LogP contribution is 2.33. The number of aromatic nitrogens is 2. The first-order valence-corrected chi connectivity index (χ1v) is 10.6. The fourth-order valence-electron chi connectivity index (χ4n) is 3.30. The monoisotopic (exact) mass is 404 g/mol. The van der Waals surface area contributed by atoms with E-state index in [1.54, 1.807) is 28.5 Å². The molecule has 1 N–H and O–H groups in total. The zero-order valence-electron chi connectivity index (χ0n) is 16.9. The number of likely N-dealkylation sites (tertiary alicyclic amines) is 1. The predicted molar refractivity (Wildman–Crippen MR) is 107 cm³/mol. The molecule has 1 unspecified atom stereocenters. The quantitative estimate of drug-likeness (QED) is 0.825. The fourth-order valence-corrected chi connectivity index (χ4v) is 4.08. The van der Waals surface area contributed by atoms with E-state index in [0.717, 1.165) is 30.0 Å². The lowest BCUT2D eigenvalue weighted by Gasteiger charge is -2.36. The molecule has 0 saturated carbocycles. The third-order valence-corrected chi connectivity index (χ3v) is 5.97. The molecular formula is C20H28N4O3S. The van der Waals surface area contributed by atoms with Gasteiger partial charge in [0, 0.05) is 36.1 Å². The van der Waals surface area contributed by atoms with Crippen molar-refractivity contribution in [2.24, 2.45) is 11.3 Å². The van der Waals surface area contributed by atoms with Crippen molar-refractivity contribution in [3.05, 3.63) is 34.1 Å². The zero-order chi connectivity index (χ0) is 20.3. The number of aryl methyl sites for hydroxylation is 1. The van der Waals surface area contributed by atoms with Crippen LogP contribution in [0.1, 0.15) is 67.8 Å². The summed E-state index contributed by atoms with van der Waals surface area (Å²) in [6, 6.07) is 1.59. The molecule has 0 aliphatic carbocycles. The van der Waals surface area contributed by atoms with Crippen molar-refractivity contribution in [2.45, 2.75) is 53.0 Å². The topological polar surface area (TPSA) is 88.3 Å². The molecule has 0 spiro atoms. The highest BCUT2D eigenvalue weighted by Gasteiger charge is 2.34. The standard InChI is InChI=1S/C20H28N4O3S/c1-5-14-12-15(27-23-14)18(25)24-9-6-13(7-10-24)16(17-21-8-11-28-17)22-19(26)20(2,3)4/h8,11-13,16H,5-7,9-10H2,1-4H3,(H,22,26). The molecule has 3 rings (SSSR count). The number of nitrogens with one attached hydrogen (secondary N) is 1. The predicted octanol–water partition coefficient (Wildman–Crippen LogP) is 3.45. The first-order valence-electron chi connectivity index (χ1n) is 9.74. The van der Waals surface area contributed by atoms with E-state index in [9.17, 15) is 9.59 Å². The molecule has 7 nitrogen and oxygen atoms in total. The highest BCUT2D eigenvalue weighted by molar-refractivity contribution is 7.09. The van der Waals surface area contributed by atoms with E-state index in [4.69, 9.17) is 4.52 Å². The van der Waals surface area contributed by atoms with E-state index < -0.39 is 5.41 Å². The van der Waals surface area contributed by atoms with Crippen LogP contribution in [-0.2, 0) is 11.2 Å². The third-order valence-electron chi connectivity index (χ3n) is 5.12. The van der Waals surface area contributed by atoms with Crippen LogP contribution in [0.3, 0.4) is 0 Å². The molecule has 3 heterocycles. The van der Waals surface area contributed by atoms with Crippen LogP contribution in [0.4, 0.5) is 0 Å². The second-order valence-corrected chi connectivity index (χ2v) is 9.16. The first kappa shape index (κ1) is 20.5. The number of nitrogens with zero attached hydrogens (tertiary/aromatic N) is 3. The Morgan fingerprint density at radius 1 is 1.36 bits per heavy atom. The van der Waals surface area contributed by atoms with Crippen LogP contribution in [-0.4, -0.2) is 39.9 Å². The van der Waals surface area contributed by atoms with Gasteiger partial charge in [0.25, 0.3) is 5.91 Å². The molecule has 0 radical (unpaired) electrons. The van der Waals surface area contributed by atoms with Gasteiger partial charge in [-0.3, -0.25) is 9.59 Å². The van der Waals surface area contributed by atoms with Crippen LogP contribution < -0.4 is 5.32 Å². The highest BCUT2D eigenvalue weighted by atomic mass is 32.1. The van der Waals surface area contributed by atoms with Gasteiger partial charge in [-0.25, -0.2) is 4.98 Å². The number of rotatable bonds is 5. The molecule has 1 aliphatic heterocycles. The minimum atomic E-state index is -0.463. The van der Waals surface area contributed by atoms with Gasteiger partial charge in [-0.2, -0.15) is 0 Å². The Bertz CT molecular complexity index is 802. The molecule has 0 aromatic carbocycles. The van der Waals surface area contributed by atoms with Crippen LogP contribution in [0.2, 0.25) is 0 Å². The van der Waals surface area contributed by atoms with Gasteiger partial charge in [-0.1, -0.05) is 32.9 Å². The van der Waals surface area contributed by atoms with Gasteiger partial charge >= 0.3 is 0 Å². The smallest absolute Gasteiger partial charge is 0.292 e. The third kappa shape index (κ3) is 4.60. The number of thiazole rings is 1. The van der Waals surface area contributed by atoms with Gasteiger partial charge in [0.15, 0.2) is 0 Å². The van der Waals surface area contributed by atoms with E-state index in [1.165, 1.54) is 0 Å². The summed E-state index contributed by atoms with van der Waals surface area (Å²) in [7, 11) is 0. The molecular weight excluding hydrogens is 376 g/mol. The summed E-state index contributed by atoms with van der Waals surface area (Å²) in [5.41, 5.74) is 0.321. The molecule has 1 atom stereocenters. The van der Waals surface area contributed by atoms with E-state index >= 15 is 0 Å². The van der Waals surface area contributed by atoms with Crippen molar-refractivity contribution in [3.63, 3.8) is 0 Å². The average Bonchev–Trinajstić information content (AvgIpc) is 3.36. The molecule has 2 aromatic rings. The van der Waals surface area contributed by atoms with Gasteiger partial charge < -0.3 is 14.7 Å². The minimum absolute atomic E-state index is 0.0139. The number of amides is 2. The van der Waals surface area contributed by atoms with E-state index in [0.29, 0.717) is 18.8 Å². The number of hydrogen-bond acceptors (Lipinski definition) is 6. The van der Waals surface area contributed by atoms with E-state index in [1.807, 2.05) is 33.1 Å². The molecule has 2 aromatic heterocycles. The summed E-state index contributed by atoms with van der Waals surface area (Å²) in [5.74, 6) is 0.436. The summed E-state index contributed by atoms with van der Waals surface area (Å²) in [6.45, 7) is 8.94.